The van der Waals surface area contributed by atoms with Gasteiger partial charge in [-0.3, -0.25) is 4.90 Å². The van der Waals surface area contributed by atoms with Crippen molar-refractivity contribution in [2.45, 2.75) is 19.5 Å². The Morgan fingerprint density at radius 1 is 1.04 bits per heavy atom. The first-order valence-electron chi connectivity index (χ1n) is 9.17. The van der Waals surface area contributed by atoms with Crippen LogP contribution in [0, 0.1) is 6.92 Å². The molecule has 0 aliphatic carbocycles. The van der Waals surface area contributed by atoms with E-state index in [0.29, 0.717) is 13.1 Å². The summed E-state index contributed by atoms with van der Waals surface area (Å²) in [6.07, 6.45) is 0. The van der Waals surface area contributed by atoms with Crippen LogP contribution in [0.1, 0.15) is 22.7 Å². The van der Waals surface area contributed by atoms with Crippen molar-refractivity contribution in [1.29, 1.82) is 0 Å². The lowest BCUT2D eigenvalue weighted by Gasteiger charge is -2.34. The number of morpholine rings is 1. The molecule has 0 aromatic heterocycles. The molecule has 1 saturated heterocycles. The maximum Gasteiger partial charge on any atom is 0.315 e. The first kappa shape index (κ1) is 18.4. The van der Waals surface area contributed by atoms with Crippen molar-refractivity contribution in [3.05, 3.63) is 71.3 Å². The molecule has 2 aromatic rings. The number of aryl methyl sites for hydroxylation is 1. The molecule has 0 saturated carbocycles. The Balaban J connectivity index is 1.56. The number of nitrogens with zero attached hydrogens (tertiary/aromatic N) is 1. The number of hydrogen-bond donors (Lipinski definition) is 2. The standard InChI is InChI=1S/C21H27N3O2/c1-17-7-5-6-10-19(17)15-22-21(25)23-16-20(18-8-3-2-4-9-18)24-11-13-26-14-12-24/h2-10,20H,11-16H2,1H3,(H2,22,23,25). The molecule has 2 amide bonds. The van der Waals surface area contributed by atoms with Crippen molar-refractivity contribution in [2.24, 2.45) is 0 Å². The Morgan fingerprint density at radius 3 is 2.46 bits per heavy atom. The molecule has 2 N–H and O–H groups in total. The molecule has 1 fully saturated rings. The first-order valence-corrected chi connectivity index (χ1v) is 9.17. The van der Waals surface area contributed by atoms with Gasteiger partial charge < -0.3 is 15.4 Å². The van der Waals surface area contributed by atoms with Crippen LogP contribution in [0.2, 0.25) is 0 Å². The normalized spacial score (nSPS) is 16.0. The molecule has 1 heterocycles. The second kappa shape index (κ2) is 9.36. The lowest BCUT2D eigenvalue weighted by atomic mass is 10.0. The zero-order valence-corrected chi connectivity index (χ0v) is 15.3. The van der Waals surface area contributed by atoms with Crippen LogP contribution in [0.4, 0.5) is 4.79 Å². The SMILES string of the molecule is Cc1ccccc1CNC(=O)NCC(c1ccccc1)N1CCOCC1. The van der Waals surface area contributed by atoms with Gasteiger partial charge in [0.1, 0.15) is 0 Å². The van der Waals surface area contributed by atoms with E-state index in [9.17, 15) is 4.79 Å². The minimum absolute atomic E-state index is 0.137. The van der Waals surface area contributed by atoms with E-state index in [0.717, 1.165) is 31.9 Å². The Morgan fingerprint density at radius 2 is 1.73 bits per heavy atom. The second-order valence-corrected chi connectivity index (χ2v) is 6.56. The minimum atomic E-state index is -0.137. The average molecular weight is 353 g/mol. The van der Waals surface area contributed by atoms with E-state index in [1.807, 2.05) is 36.4 Å². The molecule has 5 heteroatoms. The summed E-state index contributed by atoms with van der Waals surface area (Å²) in [5, 5.41) is 5.99. The maximum absolute atomic E-state index is 12.3. The number of amides is 2. The van der Waals surface area contributed by atoms with Gasteiger partial charge in [-0.2, -0.15) is 0 Å². The van der Waals surface area contributed by atoms with Crippen LogP contribution < -0.4 is 10.6 Å². The first-order chi connectivity index (χ1) is 12.7. The second-order valence-electron chi connectivity index (χ2n) is 6.56. The smallest absolute Gasteiger partial charge is 0.315 e. The maximum atomic E-state index is 12.3. The quantitative estimate of drug-likeness (QED) is 0.840. The number of urea groups is 1. The van der Waals surface area contributed by atoms with Crippen molar-refractivity contribution < 1.29 is 9.53 Å². The highest BCUT2D eigenvalue weighted by Crippen LogP contribution is 2.21. The highest BCUT2D eigenvalue weighted by molar-refractivity contribution is 5.73. The molecule has 5 nitrogen and oxygen atoms in total. The van der Waals surface area contributed by atoms with E-state index >= 15 is 0 Å². The van der Waals surface area contributed by atoms with Gasteiger partial charge >= 0.3 is 6.03 Å². The lowest BCUT2D eigenvalue weighted by Crippen LogP contribution is -2.45. The number of carbonyl (C=O) groups excluding carboxylic acids is 1. The van der Waals surface area contributed by atoms with Gasteiger partial charge in [-0.25, -0.2) is 4.79 Å². The predicted molar refractivity (Wildman–Crippen MR) is 103 cm³/mol. The average Bonchev–Trinajstić information content (AvgIpc) is 2.69. The Kier molecular flexibility index (Phi) is 6.63. The van der Waals surface area contributed by atoms with Gasteiger partial charge in [0.25, 0.3) is 0 Å². The third kappa shape index (κ3) is 5.07. The van der Waals surface area contributed by atoms with Gasteiger partial charge in [0.2, 0.25) is 0 Å². The summed E-state index contributed by atoms with van der Waals surface area (Å²) >= 11 is 0. The summed E-state index contributed by atoms with van der Waals surface area (Å²) in [5.74, 6) is 0. The summed E-state index contributed by atoms with van der Waals surface area (Å²) in [4.78, 5) is 14.7. The van der Waals surface area contributed by atoms with Crippen molar-refractivity contribution in [1.82, 2.24) is 15.5 Å². The molecular weight excluding hydrogens is 326 g/mol. The molecule has 3 rings (SSSR count). The summed E-state index contributed by atoms with van der Waals surface area (Å²) in [6.45, 7) is 6.40. The van der Waals surface area contributed by atoms with Crippen LogP contribution in [-0.2, 0) is 11.3 Å². The van der Waals surface area contributed by atoms with Crippen molar-refractivity contribution in [3.8, 4) is 0 Å². The van der Waals surface area contributed by atoms with Gasteiger partial charge in [0, 0.05) is 26.2 Å². The Labute approximate surface area is 155 Å². The van der Waals surface area contributed by atoms with E-state index in [1.54, 1.807) is 0 Å². The Hall–Kier alpha value is -2.37. The fraction of sp³-hybridized carbons (Fsp3) is 0.381. The predicted octanol–water partition coefficient (Wildman–Crippen LogP) is 2.87. The fourth-order valence-corrected chi connectivity index (χ4v) is 3.26. The van der Waals surface area contributed by atoms with Crippen LogP contribution in [0.5, 0.6) is 0 Å². The topological polar surface area (TPSA) is 53.6 Å². The molecule has 0 radical (unpaired) electrons. The molecule has 26 heavy (non-hydrogen) atoms. The molecule has 138 valence electrons. The Bertz CT molecular complexity index is 699. The zero-order valence-electron chi connectivity index (χ0n) is 15.3. The van der Waals surface area contributed by atoms with Crippen LogP contribution in [-0.4, -0.2) is 43.8 Å². The van der Waals surface area contributed by atoms with Gasteiger partial charge in [-0.1, -0.05) is 54.6 Å². The molecule has 1 aliphatic rings. The monoisotopic (exact) mass is 353 g/mol. The largest absolute Gasteiger partial charge is 0.379 e. The van der Waals surface area contributed by atoms with Gasteiger partial charge in [0.05, 0.1) is 19.3 Å². The summed E-state index contributed by atoms with van der Waals surface area (Å²) in [5.41, 5.74) is 3.53. The highest BCUT2D eigenvalue weighted by Gasteiger charge is 2.22. The number of hydrogen-bond acceptors (Lipinski definition) is 3. The van der Waals surface area contributed by atoms with Crippen molar-refractivity contribution in [2.75, 3.05) is 32.8 Å². The molecular formula is C21H27N3O2. The molecule has 0 spiro atoms. The number of nitrogens with one attached hydrogen (secondary N) is 2. The highest BCUT2D eigenvalue weighted by atomic mass is 16.5. The van der Waals surface area contributed by atoms with E-state index in [1.165, 1.54) is 11.1 Å². The number of rotatable bonds is 6. The molecule has 1 aliphatic heterocycles. The number of ether oxygens (including phenoxy) is 1. The molecule has 1 unspecified atom stereocenters. The summed E-state index contributed by atoms with van der Waals surface area (Å²) in [6, 6.07) is 18.4. The summed E-state index contributed by atoms with van der Waals surface area (Å²) in [7, 11) is 0. The molecule has 1 atom stereocenters. The fourth-order valence-electron chi connectivity index (χ4n) is 3.26. The van der Waals surface area contributed by atoms with Crippen LogP contribution in [0.25, 0.3) is 0 Å². The number of carbonyl (C=O) groups is 1. The van der Waals surface area contributed by atoms with Gasteiger partial charge in [-0.15, -0.1) is 0 Å². The van der Waals surface area contributed by atoms with E-state index in [-0.39, 0.29) is 12.1 Å². The minimum Gasteiger partial charge on any atom is -0.379 e. The van der Waals surface area contributed by atoms with Crippen molar-refractivity contribution >= 4 is 6.03 Å². The third-order valence-corrected chi connectivity index (χ3v) is 4.83. The molecule has 2 aromatic carbocycles. The zero-order chi connectivity index (χ0) is 18.2. The van der Waals surface area contributed by atoms with E-state index in [2.05, 4.69) is 40.7 Å². The molecule has 0 bridgehead atoms. The van der Waals surface area contributed by atoms with Crippen LogP contribution in [0.15, 0.2) is 54.6 Å². The summed E-state index contributed by atoms with van der Waals surface area (Å²) < 4.78 is 5.47. The van der Waals surface area contributed by atoms with Crippen LogP contribution in [0.3, 0.4) is 0 Å². The van der Waals surface area contributed by atoms with E-state index in [4.69, 9.17) is 4.74 Å². The number of benzene rings is 2. The third-order valence-electron chi connectivity index (χ3n) is 4.83. The van der Waals surface area contributed by atoms with E-state index < -0.39 is 0 Å². The van der Waals surface area contributed by atoms with Gasteiger partial charge in [0.15, 0.2) is 0 Å². The van der Waals surface area contributed by atoms with Crippen LogP contribution >= 0.6 is 0 Å². The van der Waals surface area contributed by atoms with Crippen molar-refractivity contribution in [3.63, 3.8) is 0 Å². The van der Waals surface area contributed by atoms with Gasteiger partial charge in [-0.05, 0) is 23.6 Å². The lowest BCUT2D eigenvalue weighted by molar-refractivity contribution is 0.0167.